The first-order chi connectivity index (χ1) is 9.30. The van der Waals surface area contributed by atoms with E-state index < -0.39 is 17.7 Å². The smallest absolute Gasteiger partial charge is 0.418 e. The molecule has 0 radical (unpaired) electrons. The van der Waals surface area contributed by atoms with E-state index in [0.717, 1.165) is 6.07 Å². The Hall–Kier alpha value is -1.24. The van der Waals surface area contributed by atoms with Crippen molar-refractivity contribution in [2.24, 2.45) is 0 Å². The number of rotatable bonds is 7. The Kier molecular flexibility index (Phi) is 6.32. The minimum absolute atomic E-state index is 0.0325. The van der Waals surface area contributed by atoms with Crippen LogP contribution < -0.4 is 5.32 Å². The van der Waals surface area contributed by atoms with Gasteiger partial charge in [0.2, 0.25) is 0 Å². The van der Waals surface area contributed by atoms with Crippen LogP contribution in [-0.2, 0) is 11.0 Å². The molecule has 0 spiro atoms. The van der Waals surface area contributed by atoms with Crippen LogP contribution in [0.25, 0.3) is 0 Å². The van der Waals surface area contributed by atoms with Crippen LogP contribution in [-0.4, -0.2) is 17.6 Å². The minimum Gasteiger partial charge on any atom is -0.481 e. The molecule has 0 heterocycles. The van der Waals surface area contributed by atoms with E-state index >= 15 is 0 Å². The number of benzene rings is 1. The van der Waals surface area contributed by atoms with Crippen molar-refractivity contribution in [1.82, 2.24) is 0 Å². The zero-order chi connectivity index (χ0) is 15.2. The normalized spacial score (nSPS) is 11.4. The maximum atomic E-state index is 12.8. The number of anilines is 1. The number of aliphatic carboxylic acids is 1. The van der Waals surface area contributed by atoms with Crippen LogP contribution >= 0.6 is 15.9 Å². The van der Waals surface area contributed by atoms with E-state index in [1.54, 1.807) is 0 Å². The second-order valence-electron chi connectivity index (χ2n) is 4.32. The van der Waals surface area contributed by atoms with E-state index in [-0.39, 0.29) is 12.1 Å². The molecule has 0 saturated heterocycles. The van der Waals surface area contributed by atoms with Crippen LogP contribution in [0.2, 0.25) is 0 Å². The first-order valence-corrected chi connectivity index (χ1v) is 6.92. The van der Waals surface area contributed by atoms with E-state index in [0.29, 0.717) is 30.3 Å². The van der Waals surface area contributed by atoms with Gasteiger partial charge in [-0.25, -0.2) is 0 Å². The molecular weight excluding hydrogens is 339 g/mol. The van der Waals surface area contributed by atoms with Gasteiger partial charge in [-0.05, 0) is 31.0 Å². The summed E-state index contributed by atoms with van der Waals surface area (Å²) in [6.07, 6.45) is -2.50. The molecule has 20 heavy (non-hydrogen) atoms. The summed E-state index contributed by atoms with van der Waals surface area (Å²) in [5, 5.41) is 11.2. The number of nitrogens with one attached hydrogen (secondary N) is 1. The fourth-order valence-corrected chi connectivity index (χ4v) is 2.07. The zero-order valence-corrected chi connectivity index (χ0v) is 12.2. The molecule has 0 aliphatic carbocycles. The lowest BCUT2D eigenvalue weighted by Gasteiger charge is -2.14. The number of carbonyl (C=O) groups is 1. The van der Waals surface area contributed by atoms with E-state index in [2.05, 4.69) is 21.2 Å². The lowest BCUT2D eigenvalue weighted by Crippen LogP contribution is -2.11. The molecular formula is C13H15BrF3NO2. The molecule has 0 aromatic heterocycles. The predicted molar refractivity (Wildman–Crippen MR) is 73.7 cm³/mol. The highest BCUT2D eigenvalue weighted by atomic mass is 79.9. The molecule has 1 rings (SSSR count). The third-order valence-corrected chi connectivity index (χ3v) is 3.16. The van der Waals surface area contributed by atoms with Crippen LogP contribution in [0.15, 0.2) is 22.7 Å². The van der Waals surface area contributed by atoms with Gasteiger partial charge in [-0.3, -0.25) is 4.79 Å². The maximum absolute atomic E-state index is 12.8. The van der Waals surface area contributed by atoms with Crippen LogP contribution in [0.5, 0.6) is 0 Å². The van der Waals surface area contributed by atoms with Gasteiger partial charge in [-0.2, -0.15) is 13.2 Å². The molecule has 112 valence electrons. The van der Waals surface area contributed by atoms with Gasteiger partial charge in [-0.1, -0.05) is 22.4 Å². The number of alkyl halides is 3. The summed E-state index contributed by atoms with van der Waals surface area (Å²) in [5.41, 5.74) is -0.670. The minimum atomic E-state index is -4.40. The number of hydrogen-bond donors (Lipinski definition) is 2. The van der Waals surface area contributed by atoms with Gasteiger partial charge >= 0.3 is 12.1 Å². The number of unbranched alkanes of at least 4 members (excludes halogenated alkanes) is 2. The van der Waals surface area contributed by atoms with Gasteiger partial charge in [0.25, 0.3) is 0 Å². The Morgan fingerprint density at radius 3 is 2.55 bits per heavy atom. The SMILES string of the molecule is O=C(O)CCCCCNc1cc(Br)ccc1C(F)(F)F. The number of carboxylic acids is 1. The van der Waals surface area contributed by atoms with Crippen molar-refractivity contribution in [3.63, 3.8) is 0 Å². The first kappa shape index (κ1) is 16.8. The van der Waals surface area contributed by atoms with Crippen molar-refractivity contribution < 1.29 is 23.1 Å². The van der Waals surface area contributed by atoms with Crippen LogP contribution in [0.4, 0.5) is 18.9 Å². The monoisotopic (exact) mass is 353 g/mol. The molecule has 7 heteroatoms. The summed E-state index contributed by atoms with van der Waals surface area (Å²) in [6, 6.07) is 3.76. The summed E-state index contributed by atoms with van der Waals surface area (Å²) in [5.74, 6) is -0.857. The third kappa shape index (κ3) is 5.81. The number of carboxylic acid groups (broad SMARTS) is 1. The average molecular weight is 354 g/mol. The predicted octanol–water partition coefficient (Wildman–Crippen LogP) is 4.52. The van der Waals surface area contributed by atoms with Gasteiger partial charge in [0, 0.05) is 23.1 Å². The first-order valence-electron chi connectivity index (χ1n) is 6.13. The van der Waals surface area contributed by atoms with Gasteiger partial charge < -0.3 is 10.4 Å². The quantitative estimate of drug-likeness (QED) is 0.708. The van der Waals surface area contributed by atoms with Crippen LogP contribution in [0, 0.1) is 0 Å². The molecule has 2 N–H and O–H groups in total. The molecule has 0 bridgehead atoms. The Labute approximate surface area is 123 Å². The largest absolute Gasteiger partial charge is 0.481 e. The number of hydrogen-bond acceptors (Lipinski definition) is 2. The Balaban J connectivity index is 2.51. The summed E-state index contributed by atoms with van der Waals surface area (Å²) in [7, 11) is 0. The third-order valence-electron chi connectivity index (χ3n) is 2.67. The molecule has 0 fully saturated rings. The Morgan fingerprint density at radius 1 is 1.25 bits per heavy atom. The van der Waals surface area contributed by atoms with Gasteiger partial charge in [0.05, 0.1) is 5.56 Å². The molecule has 1 aromatic carbocycles. The van der Waals surface area contributed by atoms with Crippen molar-refractivity contribution in [2.75, 3.05) is 11.9 Å². The highest BCUT2D eigenvalue weighted by molar-refractivity contribution is 9.10. The van der Waals surface area contributed by atoms with Crippen molar-refractivity contribution in [1.29, 1.82) is 0 Å². The summed E-state index contributed by atoms with van der Waals surface area (Å²) < 4.78 is 38.9. The zero-order valence-electron chi connectivity index (χ0n) is 10.6. The molecule has 0 atom stereocenters. The second kappa shape index (κ2) is 7.52. The van der Waals surface area contributed by atoms with Gasteiger partial charge in [0.15, 0.2) is 0 Å². The highest BCUT2D eigenvalue weighted by Gasteiger charge is 2.33. The van der Waals surface area contributed by atoms with Crippen molar-refractivity contribution in [3.8, 4) is 0 Å². The maximum Gasteiger partial charge on any atom is 0.418 e. The summed E-state index contributed by atoms with van der Waals surface area (Å²) >= 11 is 3.14. The van der Waals surface area contributed by atoms with Crippen LogP contribution in [0.1, 0.15) is 31.2 Å². The Morgan fingerprint density at radius 2 is 1.95 bits per heavy atom. The Bertz CT molecular complexity index is 463. The fraction of sp³-hybridized carbons (Fsp3) is 0.462. The van der Waals surface area contributed by atoms with E-state index in [4.69, 9.17) is 5.11 Å². The molecule has 0 saturated carbocycles. The van der Waals surface area contributed by atoms with Gasteiger partial charge in [-0.15, -0.1) is 0 Å². The highest BCUT2D eigenvalue weighted by Crippen LogP contribution is 2.36. The molecule has 3 nitrogen and oxygen atoms in total. The molecule has 0 aliphatic rings. The van der Waals surface area contributed by atoms with Crippen molar-refractivity contribution in [3.05, 3.63) is 28.2 Å². The lowest BCUT2D eigenvalue weighted by atomic mass is 10.1. The fourth-order valence-electron chi connectivity index (χ4n) is 1.71. The summed E-state index contributed by atoms with van der Waals surface area (Å²) in [4.78, 5) is 10.3. The molecule has 0 unspecified atom stereocenters. The van der Waals surface area contributed by atoms with E-state index in [1.807, 2.05) is 0 Å². The molecule has 1 aromatic rings. The van der Waals surface area contributed by atoms with Gasteiger partial charge in [0.1, 0.15) is 0 Å². The molecule has 0 aliphatic heterocycles. The summed E-state index contributed by atoms with van der Waals surface area (Å²) in [6.45, 7) is 0.374. The van der Waals surface area contributed by atoms with E-state index in [1.165, 1.54) is 12.1 Å². The topological polar surface area (TPSA) is 49.3 Å². The van der Waals surface area contributed by atoms with E-state index in [9.17, 15) is 18.0 Å². The standard InChI is InChI=1S/C13H15BrF3NO2/c14-9-5-6-10(13(15,16)17)11(8-9)18-7-3-1-2-4-12(19)20/h5-6,8,18H,1-4,7H2,(H,19,20). The lowest BCUT2D eigenvalue weighted by molar-refractivity contribution is -0.138. The number of halogens is 4. The van der Waals surface area contributed by atoms with Crippen molar-refractivity contribution in [2.45, 2.75) is 31.9 Å². The average Bonchev–Trinajstić information content (AvgIpc) is 2.31. The van der Waals surface area contributed by atoms with Crippen molar-refractivity contribution >= 4 is 27.6 Å². The molecule has 0 amide bonds. The van der Waals surface area contributed by atoms with Crippen LogP contribution in [0.3, 0.4) is 0 Å². The second-order valence-corrected chi connectivity index (χ2v) is 5.23.